The van der Waals surface area contributed by atoms with Crippen LogP contribution in [0.25, 0.3) is 0 Å². The number of carbonyl (C=O) groups excluding carboxylic acids is 1. The molecule has 128 valence electrons. The molecule has 0 unspecified atom stereocenters. The van der Waals surface area contributed by atoms with Gasteiger partial charge in [0.15, 0.2) is 5.13 Å². The van der Waals surface area contributed by atoms with Gasteiger partial charge in [-0.3, -0.25) is 9.69 Å². The number of nitrogens with one attached hydrogen (secondary N) is 2. The van der Waals surface area contributed by atoms with E-state index in [4.69, 9.17) is 0 Å². The molecule has 6 nitrogen and oxygen atoms in total. The summed E-state index contributed by atoms with van der Waals surface area (Å²) in [6.07, 6.45) is 1.18. The predicted octanol–water partition coefficient (Wildman–Crippen LogP) is 2.74. The number of carbonyl (C=O) groups is 1. The maximum absolute atomic E-state index is 11.1. The van der Waals surface area contributed by atoms with Crippen molar-refractivity contribution in [2.24, 2.45) is 5.92 Å². The van der Waals surface area contributed by atoms with Gasteiger partial charge in [0.25, 0.3) is 0 Å². The number of nitrogens with zero attached hydrogens (tertiary/aromatic N) is 3. The van der Waals surface area contributed by atoms with Crippen molar-refractivity contribution in [2.75, 3.05) is 30.3 Å². The lowest BCUT2D eigenvalue weighted by Gasteiger charge is -2.15. The first kappa shape index (κ1) is 16.9. The van der Waals surface area contributed by atoms with Crippen LogP contribution in [-0.4, -0.2) is 40.4 Å². The van der Waals surface area contributed by atoms with E-state index in [9.17, 15) is 4.79 Å². The first-order chi connectivity index (χ1) is 11.6. The number of aryl methyl sites for hydroxylation is 1. The van der Waals surface area contributed by atoms with E-state index in [1.165, 1.54) is 24.7 Å². The normalized spacial score (nSPS) is 17.8. The third-order valence-corrected chi connectivity index (χ3v) is 4.86. The van der Waals surface area contributed by atoms with E-state index < -0.39 is 0 Å². The summed E-state index contributed by atoms with van der Waals surface area (Å²) in [5, 5.41) is 8.88. The van der Waals surface area contributed by atoms with E-state index in [-0.39, 0.29) is 5.91 Å². The molecule has 1 saturated heterocycles. The SMILES string of the molecule is CC(=O)Nc1nc(CN2CC[C@@H](CNc3cccc(C)n3)C2)cs1. The van der Waals surface area contributed by atoms with Crippen molar-refractivity contribution in [3.8, 4) is 0 Å². The second kappa shape index (κ2) is 7.72. The molecule has 3 heterocycles. The molecule has 1 fully saturated rings. The highest BCUT2D eigenvalue weighted by molar-refractivity contribution is 7.13. The maximum Gasteiger partial charge on any atom is 0.223 e. The maximum atomic E-state index is 11.1. The largest absolute Gasteiger partial charge is 0.370 e. The number of pyridine rings is 1. The molecule has 7 heteroatoms. The van der Waals surface area contributed by atoms with Crippen molar-refractivity contribution < 1.29 is 4.79 Å². The van der Waals surface area contributed by atoms with Gasteiger partial charge in [0, 0.05) is 37.6 Å². The summed E-state index contributed by atoms with van der Waals surface area (Å²) in [6.45, 7) is 7.44. The van der Waals surface area contributed by atoms with Crippen molar-refractivity contribution in [1.29, 1.82) is 0 Å². The molecule has 0 spiro atoms. The molecule has 0 aromatic carbocycles. The number of likely N-dealkylation sites (tertiary alicyclic amines) is 1. The number of amides is 1. The second-order valence-corrected chi connectivity index (χ2v) is 7.12. The fraction of sp³-hybridized carbons (Fsp3) is 0.471. The molecule has 2 aromatic heterocycles. The number of thiazole rings is 1. The Morgan fingerprint density at radius 2 is 2.29 bits per heavy atom. The number of hydrogen-bond donors (Lipinski definition) is 2. The van der Waals surface area contributed by atoms with Gasteiger partial charge in [-0.15, -0.1) is 11.3 Å². The van der Waals surface area contributed by atoms with Crippen LogP contribution in [0.5, 0.6) is 0 Å². The Labute approximate surface area is 146 Å². The molecule has 1 aliphatic heterocycles. The first-order valence-electron chi connectivity index (χ1n) is 8.20. The Morgan fingerprint density at radius 3 is 3.08 bits per heavy atom. The van der Waals surface area contributed by atoms with Gasteiger partial charge in [-0.2, -0.15) is 0 Å². The van der Waals surface area contributed by atoms with Gasteiger partial charge in [-0.1, -0.05) is 6.07 Å². The number of anilines is 2. The van der Waals surface area contributed by atoms with Crippen LogP contribution in [0.2, 0.25) is 0 Å². The van der Waals surface area contributed by atoms with Crippen LogP contribution in [0.15, 0.2) is 23.6 Å². The van der Waals surface area contributed by atoms with Gasteiger partial charge in [-0.25, -0.2) is 9.97 Å². The zero-order chi connectivity index (χ0) is 16.9. The average molecular weight is 345 g/mol. The minimum Gasteiger partial charge on any atom is -0.370 e. The van der Waals surface area contributed by atoms with E-state index in [1.807, 2.05) is 30.5 Å². The standard InChI is InChI=1S/C17H23N5OS/c1-12-4-3-5-16(19-12)18-8-14-6-7-22(9-14)10-15-11-24-17(21-15)20-13(2)23/h3-5,11,14H,6-10H2,1-2H3,(H,18,19)(H,20,21,23)/t14-/m0/s1. The summed E-state index contributed by atoms with van der Waals surface area (Å²) in [5.74, 6) is 1.50. The fourth-order valence-electron chi connectivity index (χ4n) is 2.93. The van der Waals surface area contributed by atoms with E-state index >= 15 is 0 Å². The monoisotopic (exact) mass is 345 g/mol. The molecule has 2 aromatic rings. The summed E-state index contributed by atoms with van der Waals surface area (Å²) in [7, 11) is 0. The van der Waals surface area contributed by atoms with Crippen molar-refractivity contribution in [3.63, 3.8) is 0 Å². The molecule has 24 heavy (non-hydrogen) atoms. The van der Waals surface area contributed by atoms with Gasteiger partial charge in [0.05, 0.1) is 5.69 Å². The zero-order valence-corrected chi connectivity index (χ0v) is 14.9. The average Bonchev–Trinajstić information content (AvgIpc) is 3.15. The molecule has 1 aliphatic rings. The van der Waals surface area contributed by atoms with Crippen LogP contribution in [0, 0.1) is 12.8 Å². The molecule has 2 N–H and O–H groups in total. The van der Waals surface area contributed by atoms with Crippen molar-refractivity contribution >= 4 is 28.2 Å². The van der Waals surface area contributed by atoms with Gasteiger partial charge < -0.3 is 10.6 Å². The Hall–Kier alpha value is -1.99. The van der Waals surface area contributed by atoms with Gasteiger partial charge in [0.2, 0.25) is 5.91 Å². The number of hydrogen-bond acceptors (Lipinski definition) is 6. The van der Waals surface area contributed by atoms with Gasteiger partial charge >= 0.3 is 0 Å². The highest BCUT2D eigenvalue weighted by Crippen LogP contribution is 2.21. The number of rotatable bonds is 6. The smallest absolute Gasteiger partial charge is 0.223 e. The molecular weight excluding hydrogens is 322 g/mol. The Bertz CT molecular complexity index is 702. The third-order valence-electron chi connectivity index (χ3n) is 4.05. The molecular formula is C17H23N5OS. The topological polar surface area (TPSA) is 70.2 Å². The minimum absolute atomic E-state index is 0.0760. The summed E-state index contributed by atoms with van der Waals surface area (Å²) < 4.78 is 0. The quantitative estimate of drug-likeness (QED) is 0.842. The van der Waals surface area contributed by atoms with Crippen LogP contribution < -0.4 is 10.6 Å². The summed E-state index contributed by atoms with van der Waals surface area (Å²) in [4.78, 5) is 22.4. The lowest BCUT2D eigenvalue weighted by molar-refractivity contribution is -0.114. The van der Waals surface area contributed by atoms with Crippen LogP contribution in [0.3, 0.4) is 0 Å². The van der Waals surface area contributed by atoms with E-state index in [0.29, 0.717) is 11.0 Å². The molecule has 0 bridgehead atoms. The van der Waals surface area contributed by atoms with Crippen LogP contribution in [0.1, 0.15) is 24.7 Å². The molecule has 0 saturated carbocycles. The number of aromatic nitrogens is 2. The van der Waals surface area contributed by atoms with Gasteiger partial charge in [0.1, 0.15) is 5.82 Å². The summed E-state index contributed by atoms with van der Waals surface area (Å²) >= 11 is 1.48. The summed E-state index contributed by atoms with van der Waals surface area (Å²) in [5.41, 5.74) is 2.06. The van der Waals surface area contributed by atoms with Crippen LogP contribution in [-0.2, 0) is 11.3 Å². The molecule has 1 atom stereocenters. The Kier molecular flexibility index (Phi) is 5.42. The summed E-state index contributed by atoms with van der Waals surface area (Å²) in [6, 6.07) is 6.05. The van der Waals surface area contributed by atoms with E-state index in [1.54, 1.807) is 0 Å². The molecule has 0 aliphatic carbocycles. The zero-order valence-electron chi connectivity index (χ0n) is 14.1. The highest BCUT2D eigenvalue weighted by Gasteiger charge is 2.23. The van der Waals surface area contributed by atoms with Crippen molar-refractivity contribution in [3.05, 3.63) is 35.0 Å². The van der Waals surface area contributed by atoms with Crippen molar-refractivity contribution in [2.45, 2.75) is 26.8 Å². The molecule has 0 radical (unpaired) electrons. The van der Waals surface area contributed by atoms with Gasteiger partial charge in [-0.05, 0) is 37.9 Å². The second-order valence-electron chi connectivity index (χ2n) is 6.26. The van der Waals surface area contributed by atoms with Crippen LogP contribution in [0.4, 0.5) is 10.9 Å². The fourth-order valence-corrected chi connectivity index (χ4v) is 3.68. The molecule has 1 amide bonds. The minimum atomic E-state index is -0.0760. The van der Waals surface area contributed by atoms with E-state index in [0.717, 1.165) is 43.4 Å². The van der Waals surface area contributed by atoms with Crippen LogP contribution >= 0.6 is 11.3 Å². The van der Waals surface area contributed by atoms with E-state index in [2.05, 4.69) is 25.5 Å². The highest BCUT2D eigenvalue weighted by atomic mass is 32.1. The lowest BCUT2D eigenvalue weighted by Crippen LogP contribution is -2.23. The third kappa shape index (κ3) is 4.75. The lowest BCUT2D eigenvalue weighted by atomic mass is 10.1. The Balaban J connectivity index is 1.45. The predicted molar refractivity (Wildman–Crippen MR) is 97.3 cm³/mol. The Morgan fingerprint density at radius 1 is 1.42 bits per heavy atom. The molecule has 3 rings (SSSR count). The van der Waals surface area contributed by atoms with Crippen molar-refractivity contribution in [1.82, 2.24) is 14.9 Å². The first-order valence-corrected chi connectivity index (χ1v) is 9.08.